The largest absolute Gasteiger partial charge is 0.395 e. The van der Waals surface area contributed by atoms with E-state index in [-0.39, 0.29) is 12.5 Å². The first-order chi connectivity index (χ1) is 4.22. The molecule has 0 aliphatic rings. The molecular weight excluding hydrogens is 118 g/mol. The molecule has 0 spiro atoms. The molecule has 1 N–H and O–H groups in total. The molecule has 0 aromatic rings. The van der Waals surface area contributed by atoms with Crippen molar-refractivity contribution in [1.29, 1.82) is 0 Å². The van der Waals surface area contributed by atoms with Crippen molar-refractivity contribution >= 4 is 5.91 Å². The van der Waals surface area contributed by atoms with Crippen molar-refractivity contribution < 1.29 is 9.90 Å². The van der Waals surface area contributed by atoms with E-state index in [2.05, 4.69) is 6.58 Å². The summed E-state index contributed by atoms with van der Waals surface area (Å²) in [6, 6.07) is 0. The lowest BCUT2D eigenvalue weighted by Gasteiger charge is -2.12. The molecule has 3 nitrogen and oxygen atoms in total. The predicted molar refractivity (Wildman–Crippen MR) is 34.7 cm³/mol. The van der Waals surface area contributed by atoms with E-state index >= 15 is 0 Å². The normalized spacial score (nSPS) is 8.67. The fourth-order valence-electron chi connectivity index (χ4n) is 0.485. The fraction of sp³-hybridized carbons (Fsp3) is 0.500. The smallest absolute Gasteiger partial charge is 0.223 e. The average molecular weight is 129 g/mol. The summed E-state index contributed by atoms with van der Waals surface area (Å²) in [7, 11) is 0. The third-order valence-electron chi connectivity index (χ3n) is 0.966. The summed E-state index contributed by atoms with van der Waals surface area (Å²) in [6.07, 6.45) is 1.40. The molecule has 0 rings (SSSR count). The van der Waals surface area contributed by atoms with Crippen molar-refractivity contribution in [3.05, 3.63) is 12.8 Å². The number of amides is 1. The number of rotatable bonds is 3. The zero-order chi connectivity index (χ0) is 7.28. The molecular formula is C6H11NO2. The Morgan fingerprint density at radius 3 is 2.56 bits per heavy atom. The van der Waals surface area contributed by atoms with Crippen molar-refractivity contribution in [2.45, 2.75) is 6.92 Å². The van der Waals surface area contributed by atoms with Crippen molar-refractivity contribution in [3.8, 4) is 0 Å². The molecule has 0 saturated heterocycles. The predicted octanol–water partition coefficient (Wildman–Crippen LogP) is -0.0293. The average Bonchev–Trinajstić information content (AvgIpc) is 1.82. The summed E-state index contributed by atoms with van der Waals surface area (Å²) >= 11 is 0. The molecule has 0 heterocycles. The van der Waals surface area contributed by atoms with E-state index in [1.165, 1.54) is 18.0 Å². The molecule has 0 aromatic heterocycles. The number of aliphatic hydroxyl groups is 1. The lowest BCUT2D eigenvalue weighted by atomic mass is 10.5. The van der Waals surface area contributed by atoms with Crippen LogP contribution in [0.5, 0.6) is 0 Å². The van der Waals surface area contributed by atoms with Gasteiger partial charge in [0.2, 0.25) is 5.91 Å². The maximum Gasteiger partial charge on any atom is 0.223 e. The SMILES string of the molecule is C=CN(CCO)C(C)=O. The molecule has 1 amide bonds. The van der Waals surface area contributed by atoms with Crippen LogP contribution in [0.2, 0.25) is 0 Å². The van der Waals surface area contributed by atoms with Crippen LogP contribution in [-0.4, -0.2) is 29.1 Å². The van der Waals surface area contributed by atoms with Crippen molar-refractivity contribution in [2.75, 3.05) is 13.2 Å². The van der Waals surface area contributed by atoms with Crippen LogP contribution in [-0.2, 0) is 4.79 Å². The van der Waals surface area contributed by atoms with E-state index in [1.807, 2.05) is 0 Å². The zero-order valence-corrected chi connectivity index (χ0v) is 5.50. The third kappa shape index (κ3) is 2.87. The maximum absolute atomic E-state index is 10.5. The van der Waals surface area contributed by atoms with Gasteiger partial charge in [-0.25, -0.2) is 0 Å². The first-order valence-corrected chi connectivity index (χ1v) is 2.73. The monoisotopic (exact) mass is 129 g/mol. The third-order valence-corrected chi connectivity index (χ3v) is 0.966. The van der Waals surface area contributed by atoms with Gasteiger partial charge in [0.05, 0.1) is 6.61 Å². The van der Waals surface area contributed by atoms with Gasteiger partial charge in [-0.05, 0) is 6.20 Å². The van der Waals surface area contributed by atoms with Gasteiger partial charge in [0.15, 0.2) is 0 Å². The summed E-state index contributed by atoms with van der Waals surface area (Å²) in [6.45, 7) is 5.13. The number of hydrogen-bond acceptors (Lipinski definition) is 2. The maximum atomic E-state index is 10.5. The van der Waals surface area contributed by atoms with Crippen LogP contribution in [0.1, 0.15) is 6.92 Å². The van der Waals surface area contributed by atoms with Gasteiger partial charge in [-0.15, -0.1) is 0 Å². The molecule has 0 saturated carbocycles. The first kappa shape index (κ1) is 8.17. The number of hydrogen-bond donors (Lipinski definition) is 1. The van der Waals surface area contributed by atoms with Crippen molar-refractivity contribution in [2.24, 2.45) is 0 Å². The van der Waals surface area contributed by atoms with Gasteiger partial charge in [0, 0.05) is 13.5 Å². The minimum Gasteiger partial charge on any atom is -0.395 e. The minimum atomic E-state index is -0.0981. The molecule has 9 heavy (non-hydrogen) atoms. The summed E-state index contributed by atoms with van der Waals surface area (Å²) in [5.74, 6) is -0.0981. The van der Waals surface area contributed by atoms with Crippen LogP contribution in [0.4, 0.5) is 0 Å². The van der Waals surface area contributed by atoms with Crippen LogP contribution < -0.4 is 0 Å². The Kier molecular flexibility index (Phi) is 3.71. The van der Waals surface area contributed by atoms with Gasteiger partial charge in [-0.1, -0.05) is 6.58 Å². The molecule has 0 fully saturated rings. The summed E-state index contributed by atoms with van der Waals surface area (Å²) < 4.78 is 0. The van der Waals surface area contributed by atoms with Crippen LogP contribution >= 0.6 is 0 Å². The lowest BCUT2D eigenvalue weighted by molar-refractivity contribution is -0.126. The van der Waals surface area contributed by atoms with E-state index in [9.17, 15) is 4.79 Å². The number of nitrogens with zero attached hydrogens (tertiary/aromatic N) is 1. The molecule has 0 aromatic carbocycles. The van der Waals surface area contributed by atoms with Crippen LogP contribution in [0.3, 0.4) is 0 Å². The molecule has 52 valence electrons. The highest BCUT2D eigenvalue weighted by molar-refractivity contribution is 5.74. The van der Waals surface area contributed by atoms with E-state index in [4.69, 9.17) is 5.11 Å². The topological polar surface area (TPSA) is 40.5 Å². The Labute approximate surface area is 54.6 Å². The van der Waals surface area contributed by atoms with E-state index in [0.717, 1.165) is 0 Å². The second-order valence-corrected chi connectivity index (χ2v) is 1.62. The van der Waals surface area contributed by atoms with Crippen LogP contribution in [0.25, 0.3) is 0 Å². The zero-order valence-electron chi connectivity index (χ0n) is 5.50. The highest BCUT2D eigenvalue weighted by Crippen LogP contribution is 1.86. The Bertz CT molecular complexity index is 112. The fourth-order valence-corrected chi connectivity index (χ4v) is 0.485. The quantitative estimate of drug-likeness (QED) is 0.581. The van der Waals surface area contributed by atoms with E-state index < -0.39 is 0 Å². The first-order valence-electron chi connectivity index (χ1n) is 2.73. The highest BCUT2D eigenvalue weighted by Gasteiger charge is 2.00. The van der Waals surface area contributed by atoms with Gasteiger partial charge in [-0.2, -0.15) is 0 Å². The molecule has 0 radical (unpaired) electrons. The van der Waals surface area contributed by atoms with Gasteiger partial charge < -0.3 is 10.0 Å². The molecule has 3 heteroatoms. The Morgan fingerprint density at radius 1 is 1.89 bits per heavy atom. The van der Waals surface area contributed by atoms with Crippen LogP contribution in [0, 0.1) is 0 Å². The number of carbonyl (C=O) groups excluding carboxylic acids is 1. The number of aliphatic hydroxyl groups excluding tert-OH is 1. The van der Waals surface area contributed by atoms with Crippen molar-refractivity contribution in [1.82, 2.24) is 4.90 Å². The second-order valence-electron chi connectivity index (χ2n) is 1.62. The molecule has 0 aliphatic carbocycles. The van der Waals surface area contributed by atoms with Gasteiger partial charge in [0.1, 0.15) is 0 Å². The Balaban J connectivity index is 3.68. The lowest BCUT2D eigenvalue weighted by Crippen LogP contribution is -2.25. The van der Waals surface area contributed by atoms with Gasteiger partial charge >= 0.3 is 0 Å². The highest BCUT2D eigenvalue weighted by atomic mass is 16.3. The minimum absolute atomic E-state index is 0.0222. The molecule has 0 aliphatic heterocycles. The Hall–Kier alpha value is -0.830. The summed E-state index contributed by atoms with van der Waals surface area (Å²) in [5.41, 5.74) is 0. The summed E-state index contributed by atoms with van der Waals surface area (Å²) in [5, 5.41) is 8.38. The van der Waals surface area contributed by atoms with Crippen LogP contribution in [0.15, 0.2) is 12.8 Å². The molecule has 0 bridgehead atoms. The van der Waals surface area contributed by atoms with Gasteiger partial charge in [-0.3, -0.25) is 4.79 Å². The standard InChI is InChI=1S/C6H11NO2/c1-3-7(4-5-8)6(2)9/h3,8H,1,4-5H2,2H3. The second kappa shape index (κ2) is 4.09. The Morgan fingerprint density at radius 2 is 2.44 bits per heavy atom. The van der Waals surface area contributed by atoms with E-state index in [0.29, 0.717) is 6.54 Å². The summed E-state index contributed by atoms with van der Waals surface area (Å²) in [4.78, 5) is 11.9. The molecule has 0 atom stereocenters. The number of carbonyl (C=O) groups is 1. The molecule has 0 unspecified atom stereocenters. The van der Waals surface area contributed by atoms with Crippen molar-refractivity contribution in [3.63, 3.8) is 0 Å². The van der Waals surface area contributed by atoms with Gasteiger partial charge in [0.25, 0.3) is 0 Å². The van der Waals surface area contributed by atoms with E-state index in [1.54, 1.807) is 0 Å².